The van der Waals surface area contributed by atoms with Crippen LogP contribution >= 0.6 is 0 Å². The molecule has 100 valence electrons. The quantitative estimate of drug-likeness (QED) is 0.630. The van der Waals surface area contributed by atoms with E-state index in [0.29, 0.717) is 6.54 Å². The molecule has 0 aromatic rings. The largest absolute Gasteiger partial charge is 0.481 e. The van der Waals surface area contributed by atoms with Crippen LogP contribution in [0, 0.1) is 0 Å². The molecule has 0 spiro atoms. The molecule has 0 aliphatic carbocycles. The third-order valence-electron chi connectivity index (χ3n) is 3.07. The van der Waals surface area contributed by atoms with Crippen molar-refractivity contribution < 1.29 is 14.6 Å². The van der Waals surface area contributed by atoms with Crippen LogP contribution in [0.2, 0.25) is 0 Å². The summed E-state index contributed by atoms with van der Waals surface area (Å²) in [5.41, 5.74) is 0. The summed E-state index contributed by atoms with van der Waals surface area (Å²) >= 11 is 0. The van der Waals surface area contributed by atoms with Gasteiger partial charge in [0, 0.05) is 52.5 Å². The van der Waals surface area contributed by atoms with Gasteiger partial charge in [-0.15, -0.1) is 0 Å². The van der Waals surface area contributed by atoms with Crippen molar-refractivity contribution in [2.24, 2.45) is 0 Å². The molecule has 5 heteroatoms. The van der Waals surface area contributed by atoms with Crippen molar-refractivity contribution in [2.75, 3.05) is 52.5 Å². The van der Waals surface area contributed by atoms with Crippen molar-refractivity contribution in [2.45, 2.75) is 19.8 Å². The molecular formula is C12H24N2O3. The summed E-state index contributed by atoms with van der Waals surface area (Å²) in [7, 11) is 0. The van der Waals surface area contributed by atoms with Crippen molar-refractivity contribution in [1.29, 1.82) is 0 Å². The second-order valence-corrected chi connectivity index (χ2v) is 4.38. The van der Waals surface area contributed by atoms with Crippen LogP contribution in [0.3, 0.4) is 0 Å². The number of nitrogens with zero attached hydrogens (tertiary/aromatic N) is 2. The van der Waals surface area contributed by atoms with E-state index in [-0.39, 0.29) is 6.42 Å². The summed E-state index contributed by atoms with van der Waals surface area (Å²) in [4.78, 5) is 15.1. The van der Waals surface area contributed by atoms with Crippen molar-refractivity contribution in [3.63, 3.8) is 0 Å². The van der Waals surface area contributed by atoms with Gasteiger partial charge in [-0.1, -0.05) is 0 Å². The fourth-order valence-corrected chi connectivity index (χ4v) is 2.02. The molecule has 1 rings (SSSR count). The minimum Gasteiger partial charge on any atom is -0.481 e. The second kappa shape index (κ2) is 8.44. The number of piperazine rings is 1. The van der Waals surface area contributed by atoms with E-state index >= 15 is 0 Å². The third kappa shape index (κ3) is 6.61. The molecule has 1 heterocycles. The number of rotatable bonds is 8. The maximum Gasteiger partial charge on any atom is 0.304 e. The number of carboxylic acids is 1. The van der Waals surface area contributed by atoms with Gasteiger partial charge in [0.25, 0.3) is 0 Å². The lowest BCUT2D eigenvalue weighted by Gasteiger charge is -2.34. The minimum absolute atomic E-state index is 0.254. The zero-order valence-corrected chi connectivity index (χ0v) is 10.7. The number of hydrogen-bond acceptors (Lipinski definition) is 4. The van der Waals surface area contributed by atoms with Gasteiger partial charge in [-0.2, -0.15) is 0 Å². The molecular weight excluding hydrogens is 220 g/mol. The van der Waals surface area contributed by atoms with Crippen molar-refractivity contribution in [3.8, 4) is 0 Å². The Balaban J connectivity index is 2.03. The van der Waals surface area contributed by atoms with E-state index in [1.54, 1.807) is 0 Å². The van der Waals surface area contributed by atoms with Crippen LogP contribution in [0.15, 0.2) is 0 Å². The Bertz CT molecular complexity index is 216. The highest BCUT2D eigenvalue weighted by Crippen LogP contribution is 2.03. The Morgan fingerprint density at radius 2 is 1.76 bits per heavy atom. The van der Waals surface area contributed by atoms with Crippen molar-refractivity contribution >= 4 is 5.97 Å². The molecule has 1 fully saturated rings. The second-order valence-electron chi connectivity index (χ2n) is 4.38. The SMILES string of the molecule is CCOCCCN1CCN(CCC(=O)O)CC1. The summed E-state index contributed by atoms with van der Waals surface area (Å²) in [6.07, 6.45) is 1.34. The maximum atomic E-state index is 10.5. The van der Waals surface area contributed by atoms with E-state index in [0.717, 1.165) is 52.4 Å². The predicted molar refractivity (Wildman–Crippen MR) is 66.2 cm³/mol. The summed E-state index contributed by atoms with van der Waals surface area (Å²) < 4.78 is 5.31. The predicted octanol–water partition coefficient (Wildman–Crippen LogP) is 0.505. The van der Waals surface area contributed by atoms with E-state index in [2.05, 4.69) is 9.80 Å². The van der Waals surface area contributed by atoms with Gasteiger partial charge in [0.15, 0.2) is 0 Å². The number of aliphatic carboxylic acids is 1. The summed E-state index contributed by atoms with van der Waals surface area (Å²) in [5, 5.41) is 8.61. The molecule has 1 aliphatic heterocycles. The van der Waals surface area contributed by atoms with Gasteiger partial charge in [-0.05, 0) is 13.3 Å². The first kappa shape index (κ1) is 14.4. The lowest BCUT2D eigenvalue weighted by atomic mass is 10.2. The number of carbonyl (C=O) groups is 1. The fourth-order valence-electron chi connectivity index (χ4n) is 2.02. The molecule has 0 amide bonds. The van der Waals surface area contributed by atoms with Crippen LogP contribution in [0.25, 0.3) is 0 Å². The summed E-state index contributed by atoms with van der Waals surface area (Å²) in [6, 6.07) is 0. The Morgan fingerprint density at radius 1 is 1.18 bits per heavy atom. The van der Waals surface area contributed by atoms with E-state index in [9.17, 15) is 4.79 Å². The highest BCUT2D eigenvalue weighted by Gasteiger charge is 2.16. The zero-order chi connectivity index (χ0) is 12.5. The van der Waals surface area contributed by atoms with Crippen LogP contribution in [-0.2, 0) is 9.53 Å². The average Bonchev–Trinajstić information content (AvgIpc) is 2.33. The number of carboxylic acid groups (broad SMARTS) is 1. The molecule has 1 aliphatic rings. The molecule has 0 radical (unpaired) electrons. The maximum absolute atomic E-state index is 10.5. The molecule has 1 N–H and O–H groups in total. The van der Waals surface area contributed by atoms with Gasteiger partial charge in [0.1, 0.15) is 0 Å². The molecule has 1 saturated heterocycles. The summed E-state index contributed by atoms with van der Waals surface area (Å²) in [6.45, 7) is 9.50. The van der Waals surface area contributed by atoms with Crippen LogP contribution in [0.4, 0.5) is 0 Å². The third-order valence-corrected chi connectivity index (χ3v) is 3.07. The van der Waals surface area contributed by atoms with Gasteiger partial charge >= 0.3 is 5.97 Å². The Labute approximate surface area is 103 Å². The zero-order valence-electron chi connectivity index (χ0n) is 10.7. The van der Waals surface area contributed by atoms with Gasteiger partial charge in [0.2, 0.25) is 0 Å². The van der Waals surface area contributed by atoms with Crippen LogP contribution in [0.1, 0.15) is 19.8 Å². The normalized spacial score (nSPS) is 18.4. The monoisotopic (exact) mass is 244 g/mol. The minimum atomic E-state index is -0.704. The van der Waals surface area contributed by atoms with E-state index in [1.165, 1.54) is 0 Å². The highest BCUT2D eigenvalue weighted by molar-refractivity contribution is 5.66. The highest BCUT2D eigenvalue weighted by atomic mass is 16.5. The fraction of sp³-hybridized carbons (Fsp3) is 0.917. The molecule has 0 saturated carbocycles. The van der Waals surface area contributed by atoms with Crippen molar-refractivity contribution in [1.82, 2.24) is 9.80 Å². The molecule has 0 aromatic heterocycles. The smallest absolute Gasteiger partial charge is 0.304 e. The molecule has 0 atom stereocenters. The lowest BCUT2D eigenvalue weighted by Crippen LogP contribution is -2.47. The Kier molecular flexibility index (Phi) is 7.16. The molecule has 5 nitrogen and oxygen atoms in total. The number of ether oxygens (including phenoxy) is 1. The summed E-state index contributed by atoms with van der Waals surface area (Å²) in [5.74, 6) is -0.704. The van der Waals surface area contributed by atoms with Crippen molar-refractivity contribution in [3.05, 3.63) is 0 Å². The van der Waals surface area contributed by atoms with Gasteiger partial charge in [0.05, 0.1) is 6.42 Å². The standard InChI is InChI=1S/C12H24N2O3/c1-2-17-11-3-5-13-7-9-14(10-8-13)6-4-12(15)16/h2-11H2,1H3,(H,15,16). The molecule has 0 aromatic carbocycles. The molecule has 17 heavy (non-hydrogen) atoms. The van der Waals surface area contributed by atoms with Crippen LogP contribution in [-0.4, -0.2) is 73.4 Å². The van der Waals surface area contributed by atoms with Crippen LogP contribution in [0.5, 0.6) is 0 Å². The van der Waals surface area contributed by atoms with Crippen LogP contribution < -0.4 is 0 Å². The first-order valence-electron chi connectivity index (χ1n) is 6.46. The Hall–Kier alpha value is -0.650. The lowest BCUT2D eigenvalue weighted by molar-refractivity contribution is -0.137. The Morgan fingerprint density at radius 3 is 2.29 bits per heavy atom. The van der Waals surface area contributed by atoms with E-state index < -0.39 is 5.97 Å². The van der Waals surface area contributed by atoms with Gasteiger partial charge in [-0.25, -0.2) is 0 Å². The van der Waals surface area contributed by atoms with Gasteiger partial charge in [-0.3, -0.25) is 4.79 Å². The first-order chi connectivity index (χ1) is 8.22. The number of hydrogen-bond donors (Lipinski definition) is 1. The van der Waals surface area contributed by atoms with E-state index in [1.807, 2.05) is 6.92 Å². The first-order valence-corrected chi connectivity index (χ1v) is 6.46. The molecule has 0 bridgehead atoms. The average molecular weight is 244 g/mol. The van der Waals surface area contributed by atoms with E-state index in [4.69, 9.17) is 9.84 Å². The molecule has 0 unspecified atom stereocenters. The topological polar surface area (TPSA) is 53.0 Å². The van der Waals surface area contributed by atoms with Gasteiger partial charge < -0.3 is 19.6 Å².